The molecular formula is C27H37FO5. The minimum Gasteiger partial charge on any atom is -0.457 e. The van der Waals surface area contributed by atoms with E-state index < -0.39 is 34.5 Å². The number of carbonyl (C=O) groups excluding carboxylic acids is 3. The van der Waals surface area contributed by atoms with E-state index in [1.54, 1.807) is 26.8 Å². The monoisotopic (exact) mass is 460 g/mol. The summed E-state index contributed by atoms with van der Waals surface area (Å²) in [6.07, 6.45) is 4.21. The maximum Gasteiger partial charge on any atom is 0.311 e. The number of allylic oxidation sites excluding steroid dienone is 4. The molecule has 9 atom stereocenters. The number of ether oxygens (including phenoxy) is 1. The van der Waals surface area contributed by atoms with Crippen LogP contribution in [0.25, 0.3) is 0 Å². The summed E-state index contributed by atoms with van der Waals surface area (Å²) in [6.45, 7) is 11.0. The lowest BCUT2D eigenvalue weighted by Gasteiger charge is -2.59. The Morgan fingerprint density at radius 1 is 1.24 bits per heavy atom. The van der Waals surface area contributed by atoms with Gasteiger partial charge in [0, 0.05) is 17.3 Å². The lowest BCUT2D eigenvalue weighted by molar-refractivity contribution is -0.160. The van der Waals surface area contributed by atoms with Gasteiger partial charge >= 0.3 is 5.97 Å². The molecule has 0 radical (unpaired) electrons. The zero-order valence-electron chi connectivity index (χ0n) is 20.6. The first-order valence-corrected chi connectivity index (χ1v) is 12.2. The van der Waals surface area contributed by atoms with Crippen LogP contribution in [0.4, 0.5) is 4.39 Å². The Morgan fingerprint density at radius 3 is 2.55 bits per heavy atom. The van der Waals surface area contributed by atoms with Gasteiger partial charge < -0.3 is 9.84 Å². The van der Waals surface area contributed by atoms with Crippen LogP contribution in [0.15, 0.2) is 23.8 Å². The summed E-state index contributed by atoms with van der Waals surface area (Å²) in [4.78, 5) is 37.5. The second-order valence-corrected chi connectivity index (χ2v) is 12.4. The van der Waals surface area contributed by atoms with Crippen molar-refractivity contribution in [1.82, 2.24) is 0 Å². The summed E-state index contributed by atoms with van der Waals surface area (Å²) < 4.78 is 20.8. The number of esters is 1. The highest BCUT2D eigenvalue weighted by Gasteiger charge is 2.65. The lowest BCUT2D eigenvalue weighted by Crippen LogP contribution is -2.58. The van der Waals surface area contributed by atoms with E-state index in [1.807, 2.05) is 13.8 Å². The minimum atomic E-state index is -1.24. The van der Waals surface area contributed by atoms with Crippen LogP contribution in [0.1, 0.15) is 60.8 Å². The van der Waals surface area contributed by atoms with Gasteiger partial charge in [-0.05, 0) is 80.9 Å². The molecule has 0 aromatic rings. The molecule has 1 unspecified atom stereocenters. The van der Waals surface area contributed by atoms with Gasteiger partial charge in [-0.1, -0.05) is 26.8 Å². The standard InChI is InChI=1S/C27H37FO5/c1-14-9-17-16-11-19(28)18-10-15(29)7-8-26(18,5)23(16)20(30)12-27(17,6)22(14)21(31)13-33-24(32)25(2,3)4/h7-8,10,14,16-17,19-20,22-23,30H,9,11-13H2,1-6H3/t14-,16+,17+,19+,20+,22?,23-,26+,27+/m1/s1. The van der Waals surface area contributed by atoms with E-state index >= 15 is 4.39 Å². The summed E-state index contributed by atoms with van der Waals surface area (Å²) >= 11 is 0. The van der Waals surface area contributed by atoms with E-state index in [0.29, 0.717) is 12.0 Å². The molecule has 0 aromatic carbocycles. The Hall–Kier alpha value is -1.82. The number of halogens is 1. The van der Waals surface area contributed by atoms with Crippen LogP contribution in [-0.4, -0.2) is 41.5 Å². The third-order valence-corrected chi connectivity index (χ3v) is 9.12. The Kier molecular flexibility index (Phi) is 5.79. The fourth-order valence-corrected chi connectivity index (χ4v) is 7.83. The summed E-state index contributed by atoms with van der Waals surface area (Å²) in [7, 11) is 0. The lowest BCUT2D eigenvalue weighted by atomic mass is 9.46. The summed E-state index contributed by atoms with van der Waals surface area (Å²) in [5, 5.41) is 11.4. The average molecular weight is 461 g/mol. The van der Waals surface area contributed by atoms with Crippen molar-refractivity contribution in [3.63, 3.8) is 0 Å². The van der Waals surface area contributed by atoms with Crippen LogP contribution >= 0.6 is 0 Å². The molecule has 0 aromatic heterocycles. The molecule has 0 spiro atoms. The van der Waals surface area contributed by atoms with Crippen molar-refractivity contribution in [3.05, 3.63) is 23.8 Å². The third-order valence-electron chi connectivity index (χ3n) is 9.12. The van der Waals surface area contributed by atoms with Gasteiger partial charge in [-0.15, -0.1) is 0 Å². The quantitative estimate of drug-likeness (QED) is 0.638. The van der Waals surface area contributed by atoms with Crippen LogP contribution in [0.5, 0.6) is 0 Å². The van der Waals surface area contributed by atoms with Crippen molar-refractivity contribution in [2.75, 3.05) is 6.61 Å². The first-order valence-electron chi connectivity index (χ1n) is 12.2. The fourth-order valence-electron chi connectivity index (χ4n) is 7.83. The number of alkyl halides is 1. The molecule has 4 aliphatic rings. The van der Waals surface area contributed by atoms with Gasteiger partial charge in [0.15, 0.2) is 11.6 Å². The zero-order valence-corrected chi connectivity index (χ0v) is 20.6. The highest BCUT2D eigenvalue weighted by atomic mass is 19.1. The Morgan fingerprint density at radius 2 is 1.91 bits per heavy atom. The van der Waals surface area contributed by atoms with Gasteiger partial charge in [-0.3, -0.25) is 14.4 Å². The topological polar surface area (TPSA) is 80.7 Å². The van der Waals surface area contributed by atoms with Crippen LogP contribution in [-0.2, 0) is 19.1 Å². The highest BCUT2D eigenvalue weighted by molar-refractivity contribution is 6.01. The van der Waals surface area contributed by atoms with E-state index in [1.165, 1.54) is 12.2 Å². The second kappa shape index (κ2) is 7.86. The van der Waals surface area contributed by atoms with Crippen molar-refractivity contribution in [2.24, 2.45) is 45.8 Å². The maximum absolute atomic E-state index is 15.4. The van der Waals surface area contributed by atoms with E-state index in [0.717, 1.165) is 6.42 Å². The Labute approximate surface area is 195 Å². The molecule has 3 fully saturated rings. The number of ketones is 2. The number of carbonyl (C=O) groups is 3. The molecular weight excluding hydrogens is 423 g/mol. The number of hydrogen-bond acceptors (Lipinski definition) is 5. The number of aliphatic hydroxyl groups is 1. The number of fused-ring (bicyclic) bond motifs is 5. The van der Waals surface area contributed by atoms with Gasteiger partial charge in [-0.25, -0.2) is 4.39 Å². The Bertz CT molecular complexity index is 929. The normalized spacial score (nSPS) is 44.4. The van der Waals surface area contributed by atoms with Crippen molar-refractivity contribution in [1.29, 1.82) is 0 Å². The molecule has 33 heavy (non-hydrogen) atoms. The predicted octanol–water partition coefficient (Wildman–Crippen LogP) is 4.23. The Balaban J connectivity index is 1.62. The van der Waals surface area contributed by atoms with Crippen LogP contribution < -0.4 is 0 Å². The molecule has 3 saturated carbocycles. The van der Waals surface area contributed by atoms with Gasteiger partial charge in [0.1, 0.15) is 12.8 Å². The van der Waals surface area contributed by atoms with E-state index in [-0.39, 0.29) is 54.2 Å². The third kappa shape index (κ3) is 3.73. The number of Topliss-reactive ketones (excluding diaryl/α,β-unsaturated/α-hetero) is 1. The smallest absolute Gasteiger partial charge is 0.311 e. The molecule has 0 amide bonds. The number of aliphatic hydroxyl groups excluding tert-OH is 1. The molecule has 0 heterocycles. The van der Waals surface area contributed by atoms with Crippen LogP contribution in [0.3, 0.4) is 0 Å². The molecule has 182 valence electrons. The van der Waals surface area contributed by atoms with Crippen molar-refractivity contribution in [2.45, 2.75) is 73.1 Å². The van der Waals surface area contributed by atoms with Gasteiger partial charge in [-0.2, -0.15) is 0 Å². The maximum atomic E-state index is 15.4. The fraction of sp³-hybridized carbons (Fsp3) is 0.741. The van der Waals surface area contributed by atoms with Crippen LogP contribution in [0, 0.1) is 45.8 Å². The van der Waals surface area contributed by atoms with Crippen molar-refractivity contribution >= 4 is 17.5 Å². The second-order valence-electron chi connectivity index (χ2n) is 12.4. The molecule has 4 rings (SSSR count). The molecule has 5 nitrogen and oxygen atoms in total. The van der Waals surface area contributed by atoms with Gasteiger partial charge in [0.2, 0.25) is 0 Å². The van der Waals surface area contributed by atoms with Gasteiger partial charge in [0.25, 0.3) is 0 Å². The first kappa shape index (κ1) is 24.3. The van der Waals surface area contributed by atoms with E-state index in [9.17, 15) is 19.5 Å². The molecule has 1 N–H and O–H groups in total. The minimum absolute atomic E-state index is 0.0538. The van der Waals surface area contributed by atoms with Crippen LogP contribution in [0.2, 0.25) is 0 Å². The van der Waals surface area contributed by atoms with E-state index in [4.69, 9.17) is 4.74 Å². The largest absolute Gasteiger partial charge is 0.457 e. The number of hydrogen-bond donors (Lipinski definition) is 1. The van der Waals surface area contributed by atoms with Crippen molar-refractivity contribution in [3.8, 4) is 0 Å². The number of rotatable bonds is 3. The summed E-state index contributed by atoms with van der Waals surface area (Å²) in [5.74, 6) is -1.23. The van der Waals surface area contributed by atoms with E-state index in [2.05, 4.69) is 6.92 Å². The van der Waals surface area contributed by atoms with Gasteiger partial charge in [0.05, 0.1) is 11.5 Å². The predicted molar refractivity (Wildman–Crippen MR) is 122 cm³/mol. The molecule has 6 heteroatoms. The zero-order chi connectivity index (χ0) is 24.5. The average Bonchev–Trinajstić information content (AvgIpc) is 2.96. The highest BCUT2D eigenvalue weighted by Crippen LogP contribution is 2.67. The summed E-state index contributed by atoms with van der Waals surface area (Å²) in [6, 6.07) is 0. The molecule has 0 bridgehead atoms. The van der Waals surface area contributed by atoms with Crippen molar-refractivity contribution < 1.29 is 28.6 Å². The SMILES string of the molecule is C[C@@H]1C[C@H]2[C@@H]3C[C@H](F)C4=CC(=O)C=C[C@]4(C)[C@H]3[C@@H](O)C[C@]2(C)C1C(=O)COC(=O)C(C)(C)C. The summed E-state index contributed by atoms with van der Waals surface area (Å²) in [5.41, 5.74) is -1.40. The molecule has 0 aliphatic heterocycles. The molecule has 4 aliphatic carbocycles. The first-order chi connectivity index (χ1) is 15.2. The molecule has 0 saturated heterocycles.